The Hall–Kier alpha value is -4.18. The summed E-state index contributed by atoms with van der Waals surface area (Å²) in [7, 11) is 0. The number of benzene rings is 2. The Bertz CT molecular complexity index is 1390. The maximum Gasteiger partial charge on any atom is 0.294 e. The normalized spacial score (nSPS) is 14.7. The van der Waals surface area contributed by atoms with Crippen molar-refractivity contribution in [1.29, 1.82) is 0 Å². The molecule has 36 heavy (non-hydrogen) atoms. The van der Waals surface area contributed by atoms with Crippen molar-refractivity contribution in [3.63, 3.8) is 0 Å². The van der Waals surface area contributed by atoms with Gasteiger partial charge in [-0.25, -0.2) is 0 Å². The molecule has 0 saturated carbocycles. The van der Waals surface area contributed by atoms with Gasteiger partial charge in [-0.1, -0.05) is 38.1 Å². The van der Waals surface area contributed by atoms with Gasteiger partial charge in [-0.3, -0.25) is 29.4 Å². The average molecular weight is 506 g/mol. The first-order valence-corrected chi connectivity index (χ1v) is 11.9. The predicted octanol–water partition coefficient (Wildman–Crippen LogP) is 5.96. The fourth-order valence-electron chi connectivity index (χ4n) is 3.61. The van der Waals surface area contributed by atoms with Crippen LogP contribution in [0, 0.1) is 17.0 Å². The van der Waals surface area contributed by atoms with Crippen molar-refractivity contribution in [2.45, 2.75) is 26.7 Å². The maximum absolute atomic E-state index is 12.8. The fraction of sp³-hybridized carbons (Fsp3) is 0.192. The molecule has 1 fully saturated rings. The molecule has 184 valence electrons. The Labute approximate surface area is 211 Å². The molecule has 9 nitrogen and oxygen atoms in total. The van der Waals surface area contributed by atoms with Crippen LogP contribution in [-0.4, -0.2) is 33.4 Å². The topological polar surface area (TPSA) is 123 Å². The number of nitro groups is 1. The van der Waals surface area contributed by atoms with Crippen molar-refractivity contribution in [3.8, 4) is 11.3 Å². The number of nitro benzene ring substituents is 1. The lowest BCUT2D eigenvalue weighted by atomic mass is 10.0. The smallest absolute Gasteiger partial charge is 0.294 e. The molecule has 1 aliphatic rings. The van der Waals surface area contributed by atoms with Gasteiger partial charge in [0.05, 0.1) is 9.83 Å². The zero-order valence-electron chi connectivity index (χ0n) is 19.8. The van der Waals surface area contributed by atoms with Crippen LogP contribution in [0.5, 0.6) is 0 Å². The second-order valence-corrected chi connectivity index (χ2v) is 9.55. The van der Waals surface area contributed by atoms with Gasteiger partial charge < -0.3 is 9.73 Å². The SMILES string of the molecule is Cc1ccc(-c2ccc(/C=C3/SC(=O)N(CC(=O)Nc4ccc(C(C)C)cc4)C3=O)o2)cc1[N+](=O)[O-]. The van der Waals surface area contributed by atoms with E-state index < -0.39 is 28.5 Å². The summed E-state index contributed by atoms with van der Waals surface area (Å²) in [6.07, 6.45) is 1.42. The van der Waals surface area contributed by atoms with Crippen LogP contribution in [0.2, 0.25) is 0 Å². The van der Waals surface area contributed by atoms with Crippen molar-refractivity contribution in [2.24, 2.45) is 0 Å². The molecule has 0 unspecified atom stereocenters. The zero-order valence-corrected chi connectivity index (χ0v) is 20.6. The minimum Gasteiger partial charge on any atom is -0.457 e. The van der Waals surface area contributed by atoms with Gasteiger partial charge in [0, 0.05) is 29.0 Å². The number of anilines is 1. The summed E-state index contributed by atoms with van der Waals surface area (Å²) >= 11 is 0.713. The van der Waals surface area contributed by atoms with E-state index >= 15 is 0 Å². The molecular weight excluding hydrogens is 482 g/mol. The highest BCUT2D eigenvalue weighted by molar-refractivity contribution is 8.18. The number of nitrogens with zero attached hydrogens (tertiary/aromatic N) is 2. The van der Waals surface area contributed by atoms with E-state index in [1.54, 1.807) is 43.3 Å². The number of hydrogen-bond acceptors (Lipinski definition) is 7. The summed E-state index contributed by atoms with van der Waals surface area (Å²) in [6, 6.07) is 15.4. The van der Waals surface area contributed by atoms with Crippen molar-refractivity contribution in [1.82, 2.24) is 4.90 Å². The van der Waals surface area contributed by atoms with Crippen LogP contribution < -0.4 is 5.32 Å². The Morgan fingerprint density at radius 1 is 1.14 bits per heavy atom. The van der Waals surface area contributed by atoms with Crippen LogP contribution in [-0.2, 0) is 9.59 Å². The summed E-state index contributed by atoms with van der Waals surface area (Å²) in [5.74, 6) is -0.0475. The highest BCUT2D eigenvalue weighted by atomic mass is 32.2. The third-order valence-corrected chi connectivity index (χ3v) is 6.53. The van der Waals surface area contributed by atoms with E-state index in [1.165, 1.54) is 12.1 Å². The van der Waals surface area contributed by atoms with E-state index in [1.807, 2.05) is 12.1 Å². The zero-order chi connectivity index (χ0) is 26.0. The standard InChI is InChI=1S/C26H23N3O6S/c1-15(2)17-6-8-19(9-7-17)27-24(30)14-28-25(31)23(36-26(28)32)13-20-10-11-22(35-20)18-5-4-16(3)21(12-18)29(33)34/h4-13,15H,14H2,1-3H3,(H,27,30)/b23-13+. The number of carbonyl (C=O) groups is 3. The van der Waals surface area contributed by atoms with E-state index in [0.717, 1.165) is 10.5 Å². The highest BCUT2D eigenvalue weighted by Gasteiger charge is 2.36. The molecule has 0 atom stereocenters. The quantitative estimate of drug-likeness (QED) is 0.239. The number of aryl methyl sites for hydroxylation is 1. The van der Waals surface area contributed by atoms with Crippen LogP contribution in [0.3, 0.4) is 0 Å². The molecule has 3 amide bonds. The van der Waals surface area contributed by atoms with Gasteiger partial charge >= 0.3 is 0 Å². The van der Waals surface area contributed by atoms with Crippen molar-refractivity contribution < 1.29 is 23.7 Å². The molecule has 0 aliphatic carbocycles. The molecular formula is C26H23N3O6S. The van der Waals surface area contributed by atoms with Gasteiger partial charge in [-0.2, -0.15) is 0 Å². The van der Waals surface area contributed by atoms with Crippen molar-refractivity contribution >= 4 is 46.3 Å². The minimum absolute atomic E-state index is 0.0271. The van der Waals surface area contributed by atoms with E-state index in [-0.39, 0.29) is 10.6 Å². The number of carbonyl (C=O) groups excluding carboxylic acids is 3. The molecule has 3 aromatic rings. The van der Waals surface area contributed by atoms with Crippen LogP contribution in [0.1, 0.15) is 36.7 Å². The molecule has 2 heterocycles. The molecule has 1 saturated heterocycles. The van der Waals surface area contributed by atoms with Gasteiger partial charge in [0.1, 0.15) is 18.1 Å². The number of thioether (sulfide) groups is 1. The molecule has 0 spiro atoms. The number of imide groups is 1. The number of nitrogens with one attached hydrogen (secondary N) is 1. The summed E-state index contributed by atoms with van der Waals surface area (Å²) in [4.78, 5) is 49.4. The van der Waals surface area contributed by atoms with Gasteiger partial charge in [0.2, 0.25) is 5.91 Å². The average Bonchev–Trinajstić information content (AvgIpc) is 3.40. The molecule has 1 aliphatic heterocycles. The summed E-state index contributed by atoms with van der Waals surface area (Å²) in [5, 5.41) is 13.4. The van der Waals surface area contributed by atoms with Crippen molar-refractivity contribution in [3.05, 3.63) is 86.5 Å². The third kappa shape index (κ3) is 5.38. The lowest BCUT2D eigenvalue weighted by molar-refractivity contribution is -0.385. The lowest BCUT2D eigenvalue weighted by Crippen LogP contribution is -2.36. The first-order chi connectivity index (χ1) is 17.1. The summed E-state index contributed by atoms with van der Waals surface area (Å²) < 4.78 is 5.74. The first kappa shape index (κ1) is 24.9. The molecule has 4 rings (SSSR count). The third-order valence-electron chi connectivity index (χ3n) is 5.63. The van der Waals surface area contributed by atoms with E-state index in [4.69, 9.17) is 4.42 Å². The number of amides is 3. The van der Waals surface area contributed by atoms with Gasteiger partial charge in [0.15, 0.2) is 0 Å². The number of rotatable bonds is 7. The molecule has 1 N–H and O–H groups in total. The van der Waals surface area contributed by atoms with Crippen molar-refractivity contribution in [2.75, 3.05) is 11.9 Å². The second-order valence-electron chi connectivity index (χ2n) is 8.55. The first-order valence-electron chi connectivity index (χ1n) is 11.1. The van der Waals surface area contributed by atoms with E-state index in [9.17, 15) is 24.5 Å². The van der Waals surface area contributed by atoms with Gasteiger partial charge in [0.25, 0.3) is 16.8 Å². The number of hydrogen-bond donors (Lipinski definition) is 1. The van der Waals surface area contributed by atoms with Crippen LogP contribution >= 0.6 is 11.8 Å². The van der Waals surface area contributed by atoms with Crippen LogP contribution in [0.25, 0.3) is 17.4 Å². The van der Waals surface area contributed by atoms with Crippen LogP contribution in [0.4, 0.5) is 16.2 Å². The predicted molar refractivity (Wildman–Crippen MR) is 137 cm³/mol. The fourth-order valence-corrected chi connectivity index (χ4v) is 4.42. The Balaban J connectivity index is 1.44. The molecule has 1 aromatic heterocycles. The van der Waals surface area contributed by atoms with Gasteiger partial charge in [-0.15, -0.1) is 0 Å². The number of furan rings is 1. The minimum atomic E-state index is -0.598. The molecule has 10 heteroatoms. The molecule has 0 radical (unpaired) electrons. The largest absolute Gasteiger partial charge is 0.457 e. The monoisotopic (exact) mass is 505 g/mol. The summed E-state index contributed by atoms with van der Waals surface area (Å²) in [5.41, 5.74) is 2.72. The highest BCUT2D eigenvalue weighted by Crippen LogP contribution is 2.34. The summed E-state index contributed by atoms with van der Waals surface area (Å²) in [6.45, 7) is 5.37. The Morgan fingerprint density at radius 3 is 2.53 bits per heavy atom. The van der Waals surface area contributed by atoms with Crippen LogP contribution in [0.15, 0.2) is 63.9 Å². The van der Waals surface area contributed by atoms with Gasteiger partial charge in [-0.05, 0) is 54.4 Å². The lowest BCUT2D eigenvalue weighted by Gasteiger charge is -2.13. The maximum atomic E-state index is 12.8. The van der Waals surface area contributed by atoms with E-state index in [0.29, 0.717) is 46.0 Å². The Kier molecular flexibility index (Phi) is 7.07. The Morgan fingerprint density at radius 2 is 1.86 bits per heavy atom. The molecule has 2 aromatic carbocycles. The van der Waals surface area contributed by atoms with E-state index in [2.05, 4.69) is 19.2 Å². The molecule has 0 bridgehead atoms. The second kappa shape index (κ2) is 10.2.